The van der Waals surface area contributed by atoms with E-state index in [0.717, 1.165) is 0 Å². The van der Waals surface area contributed by atoms with Crippen LogP contribution in [0.15, 0.2) is 18.2 Å². The molecule has 0 radical (unpaired) electrons. The second-order valence-electron chi connectivity index (χ2n) is 3.07. The summed E-state index contributed by atoms with van der Waals surface area (Å²) in [6.45, 7) is -0.235. The zero-order chi connectivity index (χ0) is 9.47. The Morgan fingerprint density at radius 2 is 2.00 bits per heavy atom. The van der Waals surface area contributed by atoms with Crippen molar-refractivity contribution in [1.82, 2.24) is 5.32 Å². The predicted octanol–water partition coefficient (Wildman–Crippen LogP) is 2.44. The smallest absolute Gasteiger partial charge is 0.285 e. The summed E-state index contributed by atoms with van der Waals surface area (Å²) in [6.07, 6.45) is 0. The van der Waals surface area contributed by atoms with Crippen molar-refractivity contribution in [2.24, 2.45) is 0 Å². The Morgan fingerprint density at radius 1 is 1.29 bits per heavy atom. The molecule has 2 rings (SSSR count). The van der Waals surface area contributed by atoms with Gasteiger partial charge < -0.3 is 5.32 Å². The predicted molar refractivity (Wildman–Crippen MR) is 49.2 cm³/mol. The van der Waals surface area contributed by atoms with Crippen molar-refractivity contribution in [1.29, 1.82) is 0 Å². The van der Waals surface area contributed by atoms with Gasteiger partial charge in [-0.1, -0.05) is 12.1 Å². The Bertz CT molecular complexity index is 341. The summed E-state index contributed by atoms with van der Waals surface area (Å²) in [5, 5.41) is 2.48. The van der Waals surface area contributed by atoms with Crippen LogP contribution in [0.3, 0.4) is 0 Å². The molecule has 1 N–H and O–H groups in total. The summed E-state index contributed by atoms with van der Waals surface area (Å²) in [4.78, 5) is 0. The molecule has 0 unspecified atom stereocenters. The molecule has 0 aliphatic carbocycles. The minimum atomic E-state index is -2.95. The number of nitrogens with one attached hydrogen (secondary N) is 1. The van der Waals surface area contributed by atoms with E-state index in [0.29, 0.717) is 0 Å². The molecule has 78 valence electrons. The fourth-order valence-electron chi connectivity index (χ4n) is 1.52. The van der Waals surface area contributed by atoms with E-state index in [4.69, 9.17) is 0 Å². The highest BCUT2D eigenvalue weighted by Crippen LogP contribution is 2.33. The quantitative estimate of drug-likeness (QED) is 0.713. The summed E-state index contributed by atoms with van der Waals surface area (Å²) in [7, 11) is 0. The molecule has 1 aliphatic rings. The van der Waals surface area contributed by atoms with Crippen molar-refractivity contribution in [3.63, 3.8) is 0 Å². The van der Waals surface area contributed by atoms with E-state index in [1.165, 1.54) is 18.2 Å². The Hall–Kier alpha value is -0.740. The van der Waals surface area contributed by atoms with Gasteiger partial charge in [-0.3, -0.25) is 0 Å². The molecule has 1 heterocycles. The molecule has 1 aliphatic heterocycles. The molecule has 1 nitrogen and oxygen atoms in total. The number of rotatable bonds is 0. The zero-order valence-corrected chi connectivity index (χ0v) is 8.00. The average molecular weight is 224 g/mol. The number of hydrogen-bond acceptors (Lipinski definition) is 1. The highest BCUT2D eigenvalue weighted by Gasteiger charge is 2.37. The van der Waals surface area contributed by atoms with Crippen molar-refractivity contribution in [2.45, 2.75) is 12.5 Å². The minimum Gasteiger partial charge on any atom is -0.307 e. The first-order valence-corrected chi connectivity index (χ1v) is 3.98. The van der Waals surface area contributed by atoms with Crippen molar-refractivity contribution in [2.75, 3.05) is 6.54 Å². The second kappa shape index (κ2) is 3.79. The van der Waals surface area contributed by atoms with E-state index >= 15 is 0 Å². The summed E-state index contributed by atoms with van der Waals surface area (Å²) < 4.78 is 39.3. The van der Waals surface area contributed by atoms with Crippen LogP contribution >= 0.6 is 12.4 Å². The summed E-state index contributed by atoms with van der Waals surface area (Å²) in [6, 6.07) is 3.79. The van der Waals surface area contributed by atoms with E-state index < -0.39 is 18.3 Å². The van der Waals surface area contributed by atoms with Gasteiger partial charge in [0, 0.05) is 17.7 Å². The van der Waals surface area contributed by atoms with Crippen LogP contribution in [0.2, 0.25) is 0 Å². The number of halogens is 4. The normalized spacial score (nSPS) is 18.2. The standard InChI is InChI=1S/C9H8F3N.ClH/c10-8-3-1-2-7-6(8)4-13-5-9(7,11)12;/h1-3,13H,4-5H2;1H. The van der Waals surface area contributed by atoms with Gasteiger partial charge in [-0.05, 0) is 6.07 Å². The van der Waals surface area contributed by atoms with Crippen LogP contribution in [0.1, 0.15) is 11.1 Å². The summed E-state index contributed by atoms with van der Waals surface area (Å²) in [5.41, 5.74) is -0.106. The summed E-state index contributed by atoms with van der Waals surface area (Å²) >= 11 is 0. The molecule has 5 heteroatoms. The molecule has 0 spiro atoms. The highest BCUT2D eigenvalue weighted by atomic mass is 35.5. The topological polar surface area (TPSA) is 12.0 Å². The molecule has 0 bridgehead atoms. The highest BCUT2D eigenvalue weighted by molar-refractivity contribution is 5.85. The molecule has 0 aromatic heterocycles. The third-order valence-corrected chi connectivity index (χ3v) is 2.16. The third kappa shape index (κ3) is 1.72. The van der Waals surface area contributed by atoms with Gasteiger partial charge in [0.2, 0.25) is 0 Å². The molecular formula is C9H9ClF3N. The van der Waals surface area contributed by atoms with E-state index in [-0.39, 0.29) is 30.1 Å². The minimum absolute atomic E-state index is 0. The maximum Gasteiger partial charge on any atom is 0.285 e. The lowest BCUT2D eigenvalue weighted by molar-refractivity contribution is -0.0114. The Kier molecular flexibility index (Phi) is 3.07. The Labute approximate surface area is 85.7 Å². The largest absolute Gasteiger partial charge is 0.307 e. The van der Waals surface area contributed by atoms with E-state index in [2.05, 4.69) is 5.32 Å². The molecule has 14 heavy (non-hydrogen) atoms. The van der Waals surface area contributed by atoms with E-state index in [1.54, 1.807) is 0 Å². The first-order valence-electron chi connectivity index (χ1n) is 3.98. The first kappa shape index (κ1) is 11.3. The van der Waals surface area contributed by atoms with Gasteiger partial charge in [0.15, 0.2) is 0 Å². The number of fused-ring (bicyclic) bond motifs is 1. The van der Waals surface area contributed by atoms with Gasteiger partial charge in [-0.25, -0.2) is 4.39 Å². The summed E-state index contributed by atoms with van der Waals surface area (Å²) in [5.74, 6) is -3.51. The van der Waals surface area contributed by atoms with Crippen molar-refractivity contribution in [3.05, 3.63) is 35.1 Å². The maximum absolute atomic E-state index is 13.1. The fraction of sp³-hybridized carbons (Fsp3) is 0.333. The van der Waals surface area contributed by atoms with Gasteiger partial charge >= 0.3 is 0 Å². The lowest BCUT2D eigenvalue weighted by Gasteiger charge is -2.25. The van der Waals surface area contributed by atoms with Gasteiger partial charge in [0.25, 0.3) is 5.92 Å². The molecule has 0 saturated heterocycles. The molecule has 1 aromatic rings. The second-order valence-corrected chi connectivity index (χ2v) is 3.07. The average Bonchev–Trinajstić information content (AvgIpc) is 2.06. The van der Waals surface area contributed by atoms with Gasteiger partial charge in [0.05, 0.1) is 6.54 Å². The SMILES string of the molecule is Cl.Fc1cccc2c1CNCC2(F)F. The van der Waals surface area contributed by atoms with Crippen molar-refractivity contribution < 1.29 is 13.2 Å². The lowest BCUT2D eigenvalue weighted by Crippen LogP contribution is -2.37. The molecule has 0 saturated carbocycles. The Morgan fingerprint density at radius 3 is 2.64 bits per heavy atom. The number of alkyl halides is 2. The molecule has 0 atom stereocenters. The zero-order valence-electron chi connectivity index (χ0n) is 7.19. The van der Waals surface area contributed by atoms with Crippen LogP contribution < -0.4 is 5.32 Å². The number of hydrogen-bond donors (Lipinski definition) is 1. The molecular weight excluding hydrogens is 215 g/mol. The van der Waals surface area contributed by atoms with Crippen molar-refractivity contribution >= 4 is 12.4 Å². The molecule has 0 fully saturated rings. The van der Waals surface area contributed by atoms with Crippen LogP contribution in [0.4, 0.5) is 13.2 Å². The van der Waals surface area contributed by atoms with Crippen LogP contribution in [0, 0.1) is 5.82 Å². The molecule has 1 aromatic carbocycles. The molecule has 0 amide bonds. The third-order valence-electron chi connectivity index (χ3n) is 2.16. The van der Waals surface area contributed by atoms with Crippen LogP contribution in [0.5, 0.6) is 0 Å². The number of benzene rings is 1. The van der Waals surface area contributed by atoms with Crippen LogP contribution in [0.25, 0.3) is 0 Å². The van der Waals surface area contributed by atoms with Gasteiger partial charge in [-0.2, -0.15) is 8.78 Å². The van der Waals surface area contributed by atoms with Crippen LogP contribution in [-0.4, -0.2) is 6.54 Å². The van der Waals surface area contributed by atoms with E-state index in [9.17, 15) is 13.2 Å². The first-order chi connectivity index (χ1) is 6.11. The van der Waals surface area contributed by atoms with Gasteiger partial charge in [-0.15, -0.1) is 12.4 Å². The Balaban J connectivity index is 0.000000980. The van der Waals surface area contributed by atoms with E-state index in [1.807, 2.05) is 0 Å². The van der Waals surface area contributed by atoms with Gasteiger partial charge in [0.1, 0.15) is 5.82 Å². The fourth-order valence-corrected chi connectivity index (χ4v) is 1.52. The monoisotopic (exact) mass is 223 g/mol. The maximum atomic E-state index is 13.1. The van der Waals surface area contributed by atoms with Crippen LogP contribution in [-0.2, 0) is 12.5 Å². The lowest BCUT2D eigenvalue weighted by atomic mass is 9.97. The van der Waals surface area contributed by atoms with Crippen molar-refractivity contribution in [3.8, 4) is 0 Å².